The van der Waals surface area contributed by atoms with E-state index < -0.39 is 22.4 Å². The van der Waals surface area contributed by atoms with E-state index in [1.54, 1.807) is 0 Å². The summed E-state index contributed by atoms with van der Waals surface area (Å²) in [6, 6.07) is 3.57. The van der Waals surface area contributed by atoms with E-state index in [0.29, 0.717) is 19.0 Å². The average Bonchev–Trinajstić information content (AvgIpc) is 2.47. The van der Waals surface area contributed by atoms with Crippen LogP contribution < -0.4 is 0 Å². The first-order valence-electron chi connectivity index (χ1n) is 6.88. The third-order valence-electron chi connectivity index (χ3n) is 3.98. The molecule has 1 aliphatic rings. The maximum absolute atomic E-state index is 13.3. The van der Waals surface area contributed by atoms with Crippen molar-refractivity contribution in [3.63, 3.8) is 0 Å². The first kappa shape index (κ1) is 15.4. The summed E-state index contributed by atoms with van der Waals surface area (Å²) in [5.74, 6) is -0.00110. The van der Waals surface area contributed by atoms with Crippen molar-refractivity contribution in [2.24, 2.45) is 5.92 Å². The number of aliphatic hydroxyl groups excluding tert-OH is 1. The molecule has 2 rings (SSSR count). The molecule has 112 valence electrons. The Bertz CT molecular complexity index is 566. The lowest BCUT2D eigenvalue weighted by molar-refractivity contribution is 0.268. The monoisotopic (exact) mass is 301 g/mol. The van der Waals surface area contributed by atoms with Gasteiger partial charge in [0.1, 0.15) is 5.82 Å². The van der Waals surface area contributed by atoms with Crippen LogP contribution >= 0.6 is 0 Å². The number of aliphatic hydroxyl groups is 1. The summed E-state index contributed by atoms with van der Waals surface area (Å²) in [6.07, 6.45) is 2.80. The minimum absolute atomic E-state index is 0.00881. The van der Waals surface area contributed by atoms with Gasteiger partial charge in [0, 0.05) is 18.7 Å². The highest BCUT2D eigenvalue weighted by atomic mass is 32.2. The number of piperidine rings is 1. The lowest BCUT2D eigenvalue weighted by atomic mass is 9.96. The van der Waals surface area contributed by atoms with E-state index in [4.69, 9.17) is 5.11 Å². The quantitative estimate of drug-likeness (QED) is 0.927. The third-order valence-corrected chi connectivity index (χ3v) is 5.87. The van der Waals surface area contributed by atoms with Gasteiger partial charge in [-0.05, 0) is 37.0 Å². The molecule has 1 fully saturated rings. The first-order chi connectivity index (χ1) is 9.48. The lowest BCUT2D eigenvalue weighted by Gasteiger charge is -2.30. The van der Waals surface area contributed by atoms with Crippen molar-refractivity contribution in [2.75, 3.05) is 13.1 Å². The Kier molecular flexibility index (Phi) is 4.78. The predicted octanol–water partition coefficient (Wildman–Crippen LogP) is 2.13. The maximum Gasteiger partial charge on any atom is 0.243 e. The Balaban J connectivity index is 2.22. The van der Waals surface area contributed by atoms with Crippen molar-refractivity contribution in [2.45, 2.75) is 37.7 Å². The van der Waals surface area contributed by atoms with Gasteiger partial charge in [-0.25, -0.2) is 12.8 Å². The Morgan fingerprint density at radius 3 is 2.55 bits per heavy atom. The molecule has 0 aliphatic carbocycles. The molecule has 0 aromatic heterocycles. The molecule has 0 bridgehead atoms. The third kappa shape index (κ3) is 3.02. The molecular weight excluding hydrogens is 281 g/mol. The molecule has 20 heavy (non-hydrogen) atoms. The lowest BCUT2D eigenvalue weighted by Crippen LogP contribution is -2.38. The maximum atomic E-state index is 13.3. The minimum Gasteiger partial charge on any atom is -0.392 e. The average molecular weight is 301 g/mol. The van der Waals surface area contributed by atoms with Crippen molar-refractivity contribution < 1.29 is 17.9 Å². The Hall–Kier alpha value is -0.980. The van der Waals surface area contributed by atoms with Crippen molar-refractivity contribution >= 4 is 10.0 Å². The number of nitrogens with zero attached hydrogens (tertiary/aromatic N) is 1. The fourth-order valence-corrected chi connectivity index (χ4v) is 4.06. The van der Waals surface area contributed by atoms with Crippen LogP contribution in [0.4, 0.5) is 4.39 Å². The molecule has 6 heteroatoms. The second-order valence-electron chi connectivity index (χ2n) is 5.17. The molecule has 0 amide bonds. The van der Waals surface area contributed by atoms with Gasteiger partial charge in [-0.1, -0.05) is 13.3 Å². The molecule has 0 radical (unpaired) electrons. The topological polar surface area (TPSA) is 57.6 Å². The smallest absolute Gasteiger partial charge is 0.243 e. The standard InChI is InChI=1S/C14H20FNO3S/c1-2-11-5-7-16(8-6-11)20(18,19)13-3-4-14(15)12(9-13)10-17/h3-4,9,11,17H,2,5-8,10H2,1H3. The largest absolute Gasteiger partial charge is 0.392 e. The Morgan fingerprint density at radius 1 is 1.35 bits per heavy atom. The molecule has 4 nitrogen and oxygen atoms in total. The van der Waals surface area contributed by atoms with Crippen molar-refractivity contribution in [1.29, 1.82) is 0 Å². The molecular formula is C14H20FNO3S. The van der Waals surface area contributed by atoms with Crippen LogP contribution in [-0.4, -0.2) is 30.9 Å². The highest BCUT2D eigenvalue weighted by Gasteiger charge is 2.29. The number of benzene rings is 1. The number of hydrogen-bond acceptors (Lipinski definition) is 3. The number of halogens is 1. The molecule has 1 aliphatic heterocycles. The number of rotatable bonds is 4. The Labute approximate surface area is 119 Å². The molecule has 1 aromatic carbocycles. The zero-order valence-electron chi connectivity index (χ0n) is 11.5. The van der Waals surface area contributed by atoms with E-state index in [1.807, 2.05) is 0 Å². The molecule has 1 saturated heterocycles. The van der Waals surface area contributed by atoms with Gasteiger partial charge in [-0.15, -0.1) is 0 Å². The molecule has 1 aromatic rings. The van der Waals surface area contributed by atoms with Crippen molar-refractivity contribution in [3.8, 4) is 0 Å². The fourth-order valence-electron chi connectivity index (χ4n) is 2.54. The van der Waals surface area contributed by atoms with Gasteiger partial charge in [-0.3, -0.25) is 0 Å². The molecule has 0 atom stereocenters. The molecule has 0 saturated carbocycles. The molecule has 1 N–H and O–H groups in total. The van der Waals surface area contributed by atoms with E-state index >= 15 is 0 Å². The van der Waals surface area contributed by atoms with E-state index in [2.05, 4.69) is 6.92 Å². The molecule has 1 heterocycles. The van der Waals surface area contributed by atoms with Gasteiger partial charge in [0.25, 0.3) is 0 Å². The van der Waals surface area contributed by atoms with Gasteiger partial charge in [0.05, 0.1) is 11.5 Å². The van der Waals surface area contributed by atoms with Crippen LogP contribution in [0.5, 0.6) is 0 Å². The van der Waals surface area contributed by atoms with E-state index in [9.17, 15) is 12.8 Å². The molecule has 0 spiro atoms. The van der Waals surface area contributed by atoms with Crippen LogP contribution in [0.25, 0.3) is 0 Å². The van der Waals surface area contributed by atoms with Crippen molar-refractivity contribution in [3.05, 3.63) is 29.6 Å². The van der Waals surface area contributed by atoms with E-state index in [-0.39, 0.29) is 10.5 Å². The molecule has 0 unspecified atom stereocenters. The second-order valence-corrected chi connectivity index (χ2v) is 7.10. The van der Waals surface area contributed by atoms with E-state index in [1.165, 1.54) is 16.4 Å². The van der Waals surface area contributed by atoms with Crippen LogP contribution in [0.2, 0.25) is 0 Å². The summed E-state index contributed by atoms with van der Waals surface area (Å²) >= 11 is 0. The summed E-state index contributed by atoms with van der Waals surface area (Å²) in [5, 5.41) is 9.04. The van der Waals surface area contributed by atoms with Gasteiger partial charge >= 0.3 is 0 Å². The fraction of sp³-hybridized carbons (Fsp3) is 0.571. The minimum atomic E-state index is -3.59. The zero-order chi connectivity index (χ0) is 14.8. The highest BCUT2D eigenvalue weighted by molar-refractivity contribution is 7.89. The normalized spacial score (nSPS) is 18.4. The van der Waals surface area contributed by atoms with Gasteiger partial charge in [0.2, 0.25) is 10.0 Å². The zero-order valence-corrected chi connectivity index (χ0v) is 12.4. The summed E-state index contributed by atoms with van der Waals surface area (Å²) in [7, 11) is -3.59. The van der Waals surface area contributed by atoms with E-state index in [0.717, 1.165) is 25.3 Å². The van der Waals surface area contributed by atoms with Crippen LogP contribution in [0.15, 0.2) is 23.1 Å². The second kappa shape index (κ2) is 6.20. The number of hydrogen-bond donors (Lipinski definition) is 1. The van der Waals surface area contributed by atoms with Gasteiger partial charge in [-0.2, -0.15) is 4.31 Å². The SMILES string of the molecule is CCC1CCN(S(=O)(=O)c2ccc(F)c(CO)c2)CC1. The number of sulfonamides is 1. The van der Waals surface area contributed by atoms with Crippen molar-refractivity contribution in [1.82, 2.24) is 4.31 Å². The van der Waals surface area contributed by atoms with Gasteiger partial charge < -0.3 is 5.11 Å². The summed E-state index contributed by atoms with van der Waals surface area (Å²) in [6.45, 7) is 2.62. The summed E-state index contributed by atoms with van der Waals surface area (Å²) in [4.78, 5) is 0.0536. The Morgan fingerprint density at radius 2 is 2.00 bits per heavy atom. The predicted molar refractivity (Wildman–Crippen MR) is 74.1 cm³/mol. The van der Waals surface area contributed by atoms with Crippen LogP contribution in [0, 0.1) is 11.7 Å². The van der Waals surface area contributed by atoms with Gasteiger partial charge in [0.15, 0.2) is 0 Å². The first-order valence-corrected chi connectivity index (χ1v) is 8.32. The summed E-state index contributed by atoms with van der Waals surface area (Å²) < 4.78 is 39.7. The summed E-state index contributed by atoms with van der Waals surface area (Å²) in [5.41, 5.74) is 0.00881. The highest BCUT2D eigenvalue weighted by Crippen LogP contribution is 2.26. The van der Waals surface area contributed by atoms with Crippen LogP contribution in [0.3, 0.4) is 0 Å². The van der Waals surface area contributed by atoms with Crippen LogP contribution in [0.1, 0.15) is 31.7 Å². The van der Waals surface area contributed by atoms with Crippen LogP contribution in [-0.2, 0) is 16.6 Å².